The topological polar surface area (TPSA) is 0 Å². The van der Waals surface area contributed by atoms with Crippen molar-refractivity contribution in [3.63, 3.8) is 0 Å². The molecule has 1 aromatic rings. The van der Waals surface area contributed by atoms with Crippen LogP contribution in [-0.2, 0) is 0 Å². The Morgan fingerprint density at radius 1 is 0.950 bits per heavy atom. The van der Waals surface area contributed by atoms with Crippen LogP contribution in [0.15, 0.2) is 36.9 Å². The Balaban J connectivity index is 0. The van der Waals surface area contributed by atoms with E-state index in [1.54, 1.807) is 0 Å². The van der Waals surface area contributed by atoms with Crippen molar-refractivity contribution in [2.24, 2.45) is 0 Å². The summed E-state index contributed by atoms with van der Waals surface area (Å²) in [6.45, 7) is 3.63. The lowest BCUT2D eigenvalue weighted by molar-refractivity contribution is 1.28. The fraction of sp³-hybridized carbons (Fsp3) is 0.333. The van der Waals surface area contributed by atoms with E-state index < -0.39 is 13.5 Å². The van der Waals surface area contributed by atoms with E-state index in [0.717, 1.165) is 0 Å². The van der Waals surface area contributed by atoms with Gasteiger partial charge in [-0.15, -0.1) is 58.0 Å². The first-order chi connectivity index (χ1) is 9.14. The molecule has 0 heterocycles. The first-order valence-electron chi connectivity index (χ1n) is 5.00. The summed E-state index contributed by atoms with van der Waals surface area (Å²) in [4.78, 5) is -1.35. The van der Waals surface area contributed by atoms with Gasteiger partial charge >= 0.3 is 0 Å². The summed E-state index contributed by atoms with van der Waals surface area (Å²) < 4.78 is -1.28. The van der Waals surface area contributed by atoms with Gasteiger partial charge in [-0.1, -0.05) is 77.8 Å². The van der Waals surface area contributed by atoms with Gasteiger partial charge in [-0.05, 0) is 5.56 Å². The second-order valence-corrected chi connectivity index (χ2v) is 8.14. The molecule has 0 unspecified atom stereocenters. The summed E-state index contributed by atoms with van der Waals surface area (Å²) in [7, 11) is 0. The Bertz CT molecular complexity index is 325. The predicted molar refractivity (Wildman–Crippen MR) is 98.5 cm³/mol. The summed E-state index contributed by atoms with van der Waals surface area (Å²) in [6, 6.07) is 10.0. The molecule has 1 rings (SSSR count). The number of halogens is 8. The quantitative estimate of drug-likeness (QED) is 0.418. The van der Waals surface area contributed by atoms with Crippen molar-refractivity contribution in [3.05, 3.63) is 42.5 Å². The molecular formula is C12H12Cl8. The zero-order valence-corrected chi connectivity index (χ0v) is 16.1. The van der Waals surface area contributed by atoms with Gasteiger partial charge in [0.15, 0.2) is 0 Å². The van der Waals surface area contributed by atoms with Gasteiger partial charge in [-0.3, -0.25) is 0 Å². The lowest BCUT2D eigenvalue weighted by atomic mass is 10.2. The number of alkyl halides is 8. The van der Waals surface area contributed by atoms with Crippen LogP contribution in [0.3, 0.4) is 0 Å². The highest BCUT2D eigenvalue weighted by Crippen LogP contribution is 2.26. The van der Waals surface area contributed by atoms with Crippen molar-refractivity contribution in [3.8, 4) is 0 Å². The zero-order valence-electron chi connectivity index (χ0n) is 10.1. The van der Waals surface area contributed by atoms with Crippen LogP contribution in [0.25, 0.3) is 6.08 Å². The molecule has 0 bridgehead atoms. The third-order valence-electron chi connectivity index (χ3n) is 1.38. The maximum absolute atomic E-state index is 5.12. The molecule has 0 aromatic heterocycles. The molecule has 0 aliphatic carbocycles. The summed E-state index contributed by atoms with van der Waals surface area (Å²) >= 11 is 40.9. The third-order valence-corrected chi connectivity index (χ3v) is 4.11. The Morgan fingerprint density at radius 3 is 1.45 bits per heavy atom. The fourth-order valence-corrected chi connectivity index (χ4v) is 0.589. The molecule has 0 saturated carbocycles. The van der Waals surface area contributed by atoms with E-state index >= 15 is 0 Å². The Hall–Kier alpha value is 1.28. The van der Waals surface area contributed by atoms with Crippen LogP contribution in [0.2, 0.25) is 0 Å². The molecule has 0 aliphatic heterocycles. The second-order valence-electron chi connectivity index (χ2n) is 3.03. The monoisotopic (exact) mass is 436 g/mol. The van der Waals surface area contributed by atoms with Gasteiger partial charge in [-0.2, -0.15) is 0 Å². The molecule has 0 N–H and O–H groups in total. The van der Waals surface area contributed by atoms with Crippen LogP contribution in [0.4, 0.5) is 0 Å². The van der Waals surface area contributed by atoms with Crippen LogP contribution >= 0.6 is 92.8 Å². The highest BCUT2D eigenvalue weighted by Gasteiger charge is 2.16. The van der Waals surface area contributed by atoms with E-state index in [1.807, 2.05) is 36.4 Å². The van der Waals surface area contributed by atoms with Crippen molar-refractivity contribution < 1.29 is 0 Å². The van der Waals surface area contributed by atoms with Crippen LogP contribution in [0, 0.1) is 0 Å². The average Bonchev–Trinajstić information content (AvgIpc) is 2.40. The normalized spacial score (nSPS) is 10.3. The van der Waals surface area contributed by atoms with Crippen molar-refractivity contribution in [1.82, 2.24) is 0 Å². The molecular weight excluding hydrogens is 428 g/mol. The van der Waals surface area contributed by atoms with Crippen molar-refractivity contribution in [2.45, 2.75) is 13.5 Å². The smallest absolute Gasteiger partial charge is 0.122 e. The predicted octanol–water partition coefficient (Wildman–Crippen LogP) is 7.52. The van der Waals surface area contributed by atoms with Crippen molar-refractivity contribution in [2.75, 3.05) is 5.88 Å². The molecule has 8 heteroatoms. The Kier molecular flexibility index (Phi) is 16.4. The standard InChI is InChI=1S/C8H8.2C2H2Cl4/c1-2-8-6-4-3-5-7-8;3-1-2(4,5)6;3-1(4)2(5)6/h2-7H,1H2;1H2;1-2H. The van der Waals surface area contributed by atoms with E-state index in [0.29, 0.717) is 0 Å². The number of hydrogen-bond acceptors (Lipinski definition) is 0. The van der Waals surface area contributed by atoms with E-state index in [4.69, 9.17) is 92.8 Å². The minimum absolute atomic E-state index is 0.0394. The zero-order chi connectivity index (χ0) is 16.2. The summed E-state index contributed by atoms with van der Waals surface area (Å²) in [6.07, 6.45) is 1.83. The number of hydrogen-bond donors (Lipinski definition) is 0. The van der Waals surface area contributed by atoms with Gasteiger partial charge < -0.3 is 0 Å². The second kappa shape index (κ2) is 13.9. The molecule has 116 valence electrons. The largest absolute Gasteiger partial charge is 0.203 e. The lowest BCUT2D eigenvalue weighted by Gasteiger charge is -2.00. The average molecular weight is 440 g/mol. The molecule has 0 amide bonds. The van der Waals surface area contributed by atoms with Gasteiger partial charge in [0.05, 0.1) is 5.88 Å². The van der Waals surface area contributed by atoms with E-state index in [2.05, 4.69) is 6.58 Å². The minimum atomic E-state index is -1.28. The molecule has 0 nitrogen and oxygen atoms in total. The van der Waals surface area contributed by atoms with Crippen LogP contribution < -0.4 is 0 Å². The maximum Gasteiger partial charge on any atom is 0.203 e. The molecule has 1 aromatic carbocycles. The molecule has 0 spiro atoms. The molecule has 0 fully saturated rings. The molecule has 0 radical (unpaired) electrons. The van der Waals surface area contributed by atoms with Gasteiger partial charge in [0, 0.05) is 0 Å². The van der Waals surface area contributed by atoms with Crippen molar-refractivity contribution >= 4 is 98.9 Å². The number of benzene rings is 1. The van der Waals surface area contributed by atoms with E-state index in [9.17, 15) is 0 Å². The van der Waals surface area contributed by atoms with Gasteiger partial charge in [0.1, 0.15) is 9.67 Å². The lowest BCUT2D eigenvalue weighted by Crippen LogP contribution is -2.01. The highest BCUT2D eigenvalue weighted by molar-refractivity contribution is 6.69. The third kappa shape index (κ3) is 19.3. The van der Waals surface area contributed by atoms with E-state index in [-0.39, 0.29) is 5.88 Å². The van der Waals surface area contributed by atoms with Gasteiger partial charge in [0.2, 0.25) is 3.79 Å². The Labute approximate surface area is 159 Å². The number of rotatable bonds is 2. The summed E-state index contributed by atoms with van der Waals surface area (Å²) in [5.74, 6) is 0.0394. The van der Waals surface area contributed by atoms with Gasteiger partial charge in [0.25, 0.3) is 0 Å². The molecule has 20 heavy (non-hydrogen) atoms. The van der Waals surface area contributed by atoms with Crippen molar-refractivity contribution in [1.29, 1.82) is 0 Å². The summed E-state index contributed by atoms with van der Waals surface area (Å²) in [5, 5.41) is 0. The van der Waals surface area contributed by atoms with Crippen LogP contribution in [-0.4, -0.2) is 19.3 Å². The van der Waals surface area contributed by atoms with Crippen LogP contribution in [0.5, 0.6) is 0 Å². The highest BCUT2D eigenvalue weighted by atomic mass is 35.6. The Morgan fingerprint density at radius 2 is 1.30 bits per heavy atom. The van der Waals surface area contributed by atoms with E-state index in [1.165, 1.54) is 5.56 Å². The summed E-state index contributed by atoms with van der Waals surface area (Å²) in [5.41, 5.74) is 1.17. The minimum Gasteiger partial charge on any atom is -0.122 e. The first-order valence-corrected chi connectivity index (χ1v) is 8.42. The molecule has 0 aliphatic rings. The fourth-order valence-electron chi connectivity index (χ4n) is 0.589. The molecule has 0 atom stereocenters. The first kappa shape index (κ1) is 23.5. The maximum atomic E-state index is 5.12. The molecule has 0 saturated heterocycles. The van der Waals surface area contributed by atoms with Gasteiger partial charge in [-0.25, -0.2) is 0 Å². The SMILES string of the molecule is C=Cc1ccccc1.ClC(Cl)C(Cl)Cl.ClCC(Cl)(Cl)Cl. The van der Waals surface area contributed by atoms with Crippen LogP contribution in [0.1, 0.15) is 5.56 Å².